The molecule has 0 aliphatic heterocycles. The second-order valence-electron chi connectivity index (χ2n) is 4.95. The Kier molecular flexibility index (Phi) is 2.97. The SMILES string of the molecule is CC(C)(C1=CCC(=O)C=C1)C1=CCC(=O)C=C1. The summed E-state index contributed by atoms with van der Waals surface area (Å²) >= 11 is 0. The number of hydrogen-bond acceptors (Lipinski definition) is 2. The van der Waals surface area contributed by atoms with Crippen LogP contribution in [0.5, 0.6) is 0 Å². The first kappa shape index (κ1) is 11.8. The lowest BCUT2D eigenvalue weighted by Crippen LogP contribution is -2.19. The Balaban J connectivity index is 2.26. The summed E-state index contributed by atoms with van der Waals surface area (Å²) in [4.78, 5) is 22.3. The van der Waals surface area contributed by atoms with Crippen LogP contribution < -0.4 is 0 Å². The van der Waals surface area contributed by atoms with Crippen LogP contribution in [0, 0.1) is 5.41 Å². The van der Waals surface area contributed by atoms with Crippen molar-refractivity contribution in [2.24, 2.45) is 5.41 Å². The predicted octanol–water partition coefficient (Wildman–Crippen LogP) is 2.92. The van der Waals surface area contributed by atoms with E-state index in [4.69, 9.17) is 0 Å². The summed E-state index contributed by atoms with van der Waals surface area (Å²) in [5.74, 6) is 0.292. The number of ketones is 2. The second kappa shape index (κ2) is 4.28. The molecule has 17 heavy (non-hydrogen) atoms. The zero-order valence-electron chi connectivity index (χ0n) is 10.2. The van der Waals surface area contributed by atoms with Crippen molar-refractivity contribution in [3.8, 4) is 0 Å². The molecular weight excluding hydrogens is 212 g/mol. The van der Waals surface area contributed by atoms with E-state index >= 15 is 0 Å². The average molecular weight is 228 g/mol. The van der Waals surface area contributed by atoms with Crippen LogP contribution >= 0.6 is 0 Å². The molecule has 0 saturated heterocycles. The van der Waals surface area contributed by atoms with Crippen LogP contribution in [0.3, 0.4) is 0 Å². The minimum absolute atomic E-state index is 0.144. The summed E-state index contributed by atoms with van der Waals surface area (Å²) in [5.41, 5.74) is 2.14. The minimum atomic E-state index is -0.144. The van der Waals surface area contributed by atoms with Crippen molar-refractivity contribution in [2.75, 3.05) is 0 Å². The molecule has 0 amide bonds. The van der Waals surface area contributed by atoms with E-state index in [1.807, 2.05) is 24.3 Å². The highest BCUT2D eigenvalue weighted by atomic mass is 16.1. The van der Waals surface area contributed by atoms with Gasteiger partial charge >= 0.3 is 0 Å². The molecule has 0 heterocycles. The van der Waals surface area contributed by atoms with Gasteiger partial charge in [0, 0.05) is 18.3 Å². The van der Waals surface area contributed by atoms with Gasteiger partial charge in [-0.3, -0.25) is 9.59 Å². The molecule has 0 unspecified atom stereocenters. The van der Waals surface area contributed by atoms with Crippen molar-refractivity contribution >= 4 is 11.6 Å². The van der Waals surface area contributed by atoms with Crippen LogP contribution in [-0.4, -0.2) is 11.6 Å². The van der Waals surface area contributed by atoms with Crippen molar-refractivity contribution < 1.29 is 9.59 Å². The topological polar surface area (TPSA) is 34.1 Å². The molecular formula is C15H16O2. The maximum Gasteiger partial charge on any atom is 0.159 e. The predicted molar refractivity (Wildman–Crippen MR) is 67.5 cm³/mol. The molecule has 0 aromatic heterocycles. The van der Waals surface area contributed by atoms with Crippen LogP contribution in [0.15, 0.2) is 47.6 Å². The zero-order chi connectivity index (χ0) is 12.5. The van der Waals surface area contributed by atoms with Crippen LogP contribution in [0.2, 0.25) is 0 Å². The molecule has 2 aliphatic carbocycles. The highest BCUT2D eigenvalue weighted by Crippen LogP contribution is 2.38. The maximum absolute atomic E-state index is 11.2. The van der Waals surface area contributed by atoms with E-state index in [9.17, 15) is 9.59 Å². The first-order chi connectivity index (χ1) is 8.00. The van der Waals surface area contributed by atoms with Gasteiger partial charge in [-0.1, -0.05) is 38.2 Å². The van der Waals surface area contributed by atoms with Crippen molar-refractivity contribution in [2.45, 2.75) is 26.7 Å². The maximum atomic E-state index is 11.2. The van der Waals surface area contributed by atoms with E-state index in [-0.39, 0.29) is 17.0 Å². The standard InChI is InChI=1S/C15H16O2/c1-15(2,11-3-7-13(16)8-4-11)12-5-9-14(17)10-6-12/h3-7,9H,8,10H2,1-2H3. The first-order valence-corrected chi connectivity index (χ1v) is 5.83. The number of hydrogen-bond donors (Lipinski definition) is 0. The third kappa shape index (κ3) is 2.36. The van der Waals surface area contributed by atoms with E-state index in [0.717, 1.165) is 11.1 Å². The molecule has 2 rings (SSSR count). The largest absolute Gasteiger partial charge is 0.295 e. The van der Waals surface area contributed by atoms with Crippen LogP contribution in [0.25, 0.3) is 0 Å². The lowest BCUT2D eigenvalue weighted by molar-refractivity contribution is -0.114. The molecule has 0 aromatic rings. The van der Waals surface area contributed by atoms with E-state index in [2.05, 4.69) is 13.8 Å². The van der Waals surface area contributed by atoms with E-state index < -0.39 is 0 Å². The summed E-state index contributed by atoms with van der Waals surface area (Å²) in [6.07, 6.45) is 12.0. The molecule has 2 aliphatic rings. The number of carbonyl (C=O) groups excluding carboxylic acids is 2. The van der Waals surface area contributed by atoms with Gasteiger partial charge in [0.25, 0.3) is 0 Å². The fourth-order valence-corrected chi connectivity index (χ4v) is 2.15. The van der Waals surface area contributed by atoms with Crippen molar-refractivity contribution in [1.29, 1.82) is 0 Å². The molecule has 0 atom stereocenters. The highest BCUT2D eigenvalue weighted by Gasteiger charge is 2.27. The summed E-state index contributed by atoms with van der Waals surface area (Å²) in [5, 5.41) is 0. The third-order valence-corrected chi connectivity index (χ3v) is 3.39. The van der Waals surface area contributed by atoms with E-state index in [1.54, 1.807) is 12.2 Å². The average Bonchev–Trinajstić information content (AvgIpc) is 2.30. The molecule has 0 aromatic carbocycles. The summed E-state index contributed by atoms with van der Waals surface area (Å²) in [7, 11) is 0. The van der Waals surface area contributed by atoms with Gasteiger partial charge in [0.2, 0.25) is 0 Å². The molecule has 0 radical (unpaired) electrons. The summed E-state index contributed by atoms with van der Waals surface area (Å²) < 4.78 is 0. The van der Waals surface area contributed by atoms with E-state index in [1.165, 1.54) is 0 Å². The van der Waals surface area contributed by atoms with Gasteiger partial charge in [0.1, 0.15) is 0 Å². The van der Waals surface area contributed by atoms with Gasteiger partial charge in [-0.2, -0.15) is 0 Å². The Morgan fingerprint density at radius 1 is 0.824 bits per heavy atom. The Hall–Kier alpha value is -1.70. The molecule has 2 heteroatoms. The van der Waals surface area contributed by atoms with Gasteiger partial charge in [-0.25, -0.2) is 0 Å². The zero-order valence-corrected chi connectivity index (χ0v) is 10.2. The highest BCUT2D eigenvalue weighted by molar-refractivity contribution is 5.93. The monoisotopic (exact) mass is 228 g/mol. The van der Waals surface area contributed by atoms with Gasteiger partial charge in [0.05, 0.1) is 0 Å². The number of carbonyl (C=O) groups is 2. The number of allylic oxidation sites excluding steroid dienone is 8. The van der Waals surface area contributed by atoms with Crippen LogP contribution in [0.4, 0.5) is 0 Å². The number of rotatable bonds is 2. The summed E-state index contributed by atoms with van der Waals surface area (Å²) in [6, 6.07) is 0. The van der Waals surface area contributed by atoms with Crippen molar-refractivity contribution in [3.05, 3.63) is 47.6 Å². The Morgan fingerprint density at radius 2 is 1.24 bits per heavy atom. The third-order valence-electron chi connectivity index (χ3n) is 3.39. The van der Waals surface area contributed by atoms with Crippen LogP contribution in [0.1, 0.15) is 26.7 Å². The normalized spacial score (nSPS) is 20.4. The Bertz CT molecular complexity index is 441. The van der Waals surface area contributed by atoms with Crippen LogP contribution in [-0.2, 0) is 9.59 Å². The van der Waals surface area contributed by atoms with Gasteiger partial charge in [-0.15, -0.1) is 0 Å². The molecule has 0 bridgehead atoms. The lowest BCUT2D eigenvalue weighted by Gasteiger charge is -2.30. The van der Waals surface area contributed by atoms with Crippen molar-refractivity contribution in [1.82, 2.24) is 0 Å². The minimum Gasteiger partial charge on any atom is -0.295 e. The van der Waals surface area contributed by atoms with Gasteiger partial charge < -0.3 is 0 Å². The summed E-state index contributed by atoms with van der Waals surface area (Å²) in [6.45, 7) is 4.23. The van der Waals surface area contributed by atoms with E-state index in [0.29, 0.717) is 12.8 Å². The molecule has 0 spiro atoms. The Labute approximate surface area is 101 Å². The molecule has 2 nitrogen and oxygen atoms in total. The molecule has 0 fully saturated rings. The quantitative estimate of drug-likeness (QED) is 0.728. The van der Waals surface area contributed by atoms with Gasteiger partial charge in [0.15, 0.2) is 11.6 Å². The fourth-order valence-electron chi connectivity index (χ4n) is 2.15. The molecule has 88 valence electrons. The lowest BCUT2D eigenvalue weighted by atomic mass is 9.74. The first-order valence-electron chi connectivity index (χ1n) is 5.83. The second-order valence-corrected chi connectivity index (χ2v) is 4.95. The molecule has 0 N–H and O–H groups in total. The molecule has 0 saturated carbocycles. The Morgan fingerprint density at radius 3 is 1.53 bits per heavy atom. The van der Waals surface area contributed by atoms with Gasteiger partial charge in [-0.05, 0) is 23.3 Å². The van der Waals surface area contributed by atoms with Crippen molar-refractivity contribution in [3.63, 3.8) is 0 Å². The smallest absolute Gasteiger partial charge is 0.159 e. The fraction of sp³-hybridized carbons (Fsp3) is 0.333.